The van der Waals surface area contributed by atoms with Gasteiger partial charge >= 0.3 is 0 Å². The van der Waals surface area contributed by atoms with Gasteiger partial charge in [0, 0.05) is 6.16 Å². The fourth-order valence-electron chi connectivity index (χ4n) is 0.873. The maximum Gasteiger partial charge on any atom is 0.191 e. The molecule has 0 saturated heterocycles. The first-order valence-corrected chi connectivity index (χ1v) is 9.86. The fraction of sp³-hybridized carbons (Fsp3) is 1.00. The summed E-state index contributed by atoms with van der Waals surface area (Å²) in [6.07, 6.45) is 3.54. The first-order valence-electron chi connectivity index (χ1n) is 5.09. The van der Waals surface area contributed by atoms with Crippen molar-refractivity contribution in [1.29, 1.82) is 0 Å². The summed E-state index contributed by atoms with van der Waals surface area (Å²) in [4.78, 5) is 0. The summed E-state index contributed by atoms with van der Waals surface area (Å²) < 4.78 is 11.6. The Morgan fingerprint density at radius 1 is 1.15 bits per heavy atom. The molecule has 0 aliphatic rings. The summed E-state index contributed by atoms with van der Waals surface area (Å²) in [7, 11) is -2.00. The van der Waals surface area contributed by atoms with Crippen LogP contribution in [0.1, 0.15) is 26.7 Å². The maximum atomic E-state index is 5.96. The number of rotatable bonds is 7. The summed E-state index contributed by atoms with van der Waals surface area (Å²) in [6, 6.07) is 0. The quantitative estimate of drug-likeness (QED) is 0.479. The zero-order chi connectivity index (χ0) is 10.3. The van der Waals surface area contributed by atoms with Crippen LogP contribution < -0.4 is 0 Å². The zero-order valence-corrected chi connectivity index (χ0v) is 11.5. The Morgan fingerprint density at radius 3 is 2.15 bits per heavy atom. The SMILES string of the molecule is CCCCP(OCC)O[Si](C)(C)C. The Kier molecular flexibility index (Phi) is 7.24. The van der Waals surface area contributed by atoms with Crippen LogP contribution in [0.5, 0.6) is 0 Å². The van der Waals surface area contributed by atoms with Gasteiger partial charge in [-0.15, -0.1) is 0 Å². The van der Waals surface area contributed by atoms with Gasteiger partial charge in [0.25, 0.3) is 0 Å². The Hall–Kier alpha value is 0.567. The smallest absolute Gasteiger partial charge is 0.191 e. The predicted molar refractivity (Wildman–Crippen MR) is 62.8 cm³/mol. The molecule has 4 heteroatoms. The molecule has 1 unspecified atom stereocenters. The molecular formula is C9H23O2PSi. The number of hydrogen-bond acceptors (Lipinski definition) is 2. The highest BCUT2D eigenvalue weighted by atomic mass is 31.2. The first kappa shape index (κ1) is 13.6. The van der Waals surface area contributed by atoms with E-state index >= 15 is 0 Å². The van der Waals surface area contributed by atoms with Gasteiger partial charge in [-0.05, 0) is 33.0 Å². The van der Waals surface area contributed by atoms with Gasteiger partial charge in [0.05, 0.1) is 6.61 Å². The van der Waals surface area contributed by atoms with Gasteiger partial charge < -0.3 is 8.74 Å². The monoisotopic (exact) mass is 222 g/mol. The van der Waals surface area contributed by atoms with Crippen molar-refractivity contribution in [2.75, 3.05) is 12.8 Å². The van der Waals surface area contributed by atoms with Crippen LogP contribution in [0.2, 0.25) is 19.6 Å². The molecule has 0 aliphatic carbocycles. The molecule has 0 rings (SSSR count). The fourth-order valence-corrected chi connectivity index (χ4v) is 4.88. The lowest BCUT2D eigenvalue weighted by molar-refractivity contribution is 0.332. The highest BCUT2D eigenvalue weighted by Gasteiger charge is 2.21. The summed E-state index contributed by atoms with van der Waals surface area (Å²) in [6.45, 7) is 11.7. The standard InChI is InChI=1S/C9H23O2PSi/c1-6-8-9-12(10-7-2)11-13(3,4)5/h6-9H2,1-5H3. The van der Waals surface area contributed by atoms with Crippen molar-refractivity contribution in [3.05, 3.63) is 0 Å². The van der Waals surface area contributed by atoms with E-state index in [4.69, 9.17) is 8.74 Å². The lowest BCUT2D eigenvalue weighted by atomic mass is 10.4. The topological polar surface area (TPSA) is 18.5 Å². The normalized spacial score (nSPS) is 14.5. The van der Waals surface area contributed by atoms with Crippen molar-refractivity contribution >= 4 is 16.7 Å². The van der Waals surface area contributed by atoms with Gasteiger partial charge in [0.15, 0.2) is 16.7 Å². The minimum Gasteiger partial charge on any atom is -0.376 e. The number of unbranched alkanes of at least 4 members (excludes halogenated alkanes) is 1. The van der Waals surface area contributed by atoms with Crippen LogP contribution in [0.15, 0.2) is 0 Å². The summed E-state index contributed by atoms with van der Waals surface area (Å²) in [5.74, 6) is 0. The van der Waals surface area contributed by atoms with E-state index in [1.807, 2.05) is 6.92 Å². The molecule has 0 aromatic heterocycles. The molecule has 13 heavy (non-hydrogen) atoms. The van der Waals surface area contributed by atoms with Crippen LogP contribution in [0.25, 0.3) is 0 Å². The summed E-state index contributed by atoms with van der Waals surface area (Å²) >= 11 is 0. The second-order valence-electron chi connectivity index (χ2n) is 4.03. The second-order valence-corrected chi connectivity index (χ2v) is 10.4. The molecule has 2 nitrogen and oxygen atoms in total. The van der Waals surface area contributed by atoms with E-state index in [2.05, 4.69) is 26.6 Å². The molecule has 0 bridgehead atoms. The van der Waals surface area contributed by atoms with E-state index in [0.29, 0.717) is 0 Å². The Labute approximate surface area is 85.1 Å². The average molecular weight is 222 g/mol. The highest BCUT2D eigenvalue weighted by Crippen LogP contribution is 2.42. The third kappa shape index (κ3) is 8.89. The van der Waals surface area contributed by atoms with E-state index < -0.39 is 16.7 Å². The molecule has 0 N–H and O–H groups in total. The van der Waals surface area contributed by atoms with Crippen molar-refractivity contribution in [2.45, 2.75) is 46.3 Å². The van der Waals surface area contributed by atoms with E-state index in [-0.39, 0.29) is 0 Å². The van der Waals surface area contributed by atoms with E-state index in [0.717, 1.165) is 12.8 Å². The van der Waals surface area contributed by atoms with Crippen LogP contribution in [-0.4, -0.2) is 21.1 Å². The minimum absolute atomic E-state index is 0.593. The third-order valence-corrected chi connectivity index (χ3v) is 5.58. The molecule has 0 aliphatic heterocycles. The van der Waals surface area contributed by atoms with E-state index in [9.17, 15) is 0 Å². The predicted octanol–water partition coefficient (Wildman–Crippen LogP) is 3.99. The molecule has 0 radical (unpaired) electrons. The van der Waals surface area contributed by atoms with Crippen molar-refractivity contribution in [3.63, 3.8) is 0 Å². The molecule has 80 valence electrons. The molecule has 0 aromatic rings. The maximum absolute atomic E-state index is 5.96. The lowest BCUT2D eigenvalue weighted by Crippen LogP contribution is -2.23. The first-order chi connectivity index (χ1) is 5.99. The minimum atomic E-state index is -1.40. The van der Waals surface area contributed by atoms with Crippen molar-refractivity contribution in [1.82, 2.24) is 0 Å². The largest absolute Gasteiger partial charge is 0.376 e. The van der Waals surface area contributed by atoms with Crippen LogP contribution in [0, 0.1) is 0 Å². The lowest BCUT2D eigenvalue weighted by Gasteiger charge is -2.24. The molecule has 0 fully saturated rings. The van der Waals surface area contributed by atoms with Gasteiger partial charge in [-0.2, -0.15) is 0 Å². The van der Waals surface area contributed by atoms with Crippen LogP contribution >= 0.6 is 8.38 Å². The van der Waals surface area contributed by atoms with Crippen LogP contribution in [-0.2, 0) is 8.74 Å². The van der Waals surface area contributed by atoms with Crippen LogP contribution in [0.4, 0.5) is 0 Å². The van der Waals surface area contributed by atoms with Gasteiger partial charge in [-0.3, -0.25) is 0 Å². The highest BCUT2D eigenvalue weighted by molar-refractivity contribution is 7.49. The summed E-state index contributed by atoms with van der Waals surface area (Å²) in [5.41, 5.74) is 0. The van der Waals surface area contributed by atoms with E-state index in [1.165, 1.54) is 12.8 Å². The molecule has 0 saturated carbocycles. The van der Waals surface area contributed by atoms with Gasteiger partial charge in [0.2, 0.25) is 0 Å². The van der Waals surface area contributed by atoms with E-state index in [1.54, 1.807) is 0 Å². The van der Waals surface area contributed by atoms with Crippen molar-refractivity contribution in [2.24, 2.45) is 0 Å². The van der Waals surface area contributed by atoms with Gasteiger partial charge in [-0.1, -0.05) is 13.3 Å². The Balaban J connectivity index is 3.79. The molecule has 0 aromatic carbocycles. The Bertz CT molecular complexity index is 125. The molecule has 0 amide bonds. The van der Waals surface area contributed by atoms with Crippen molar-refractivity contribution in [3.8, 4) is 0 Å². The Morgan fingerprint density at radius 2 is 1.77 bits per heavy atom. The molecule has 1 atom stereocenters. The van der Waals surface area contributed by atoms with Gasteiger partial charge in [0.1, 0.15) is 0 Å². The molecular weight excluding hydrogens is 199 g/mol. The summed E-state index contributed by atoms with van der Waals surface area (Å²) in [5, 5.41) is 0. The zero-order valence-electron chi connectivity index (χ0n) is 9.59. The van der Waals surface area contributed by atoms with Gasteiger partial charge in [-0.25, -0.2) is 0 Å². The van der Waals surface area contributed by atoms with Crippen molar-refractivity contribution < 1.29 is 8.74 Å². The molecule has 0 spiro atoms. The third-order valence-electron chi connectivity index (χ3n) is 1.34. The molecule has 0 heterocycles. The average Bonchev–Trinajstić information content (AvgIpc) is 1.98. The van der Waals surface area contributed by atoms with Crippen LogP contribution in [0.3, 0.4) is 0 Å². The number of hydrogen-bond donors (Lipinski definition) is 0. The second kappa shape index (κ2) is 6.94.